The van der Waals surface area contributed by atoms with Gasteiger partial charge in [0.1, 0.15) is 0 Å². The summed E-state index contributed by atoms with van der Waals surface area (Å²) in [4.78, 5) is 28.1. The highest BCUT2D eigenvalue weighted by atomic mass is 32.1. The Kier molecular flexibility index (Phi) is 4.78. The molecule has 7 heteroatoms. The first-order chi connectivity index (χ1) is 10.0. The van der Waals surface area contributed by atoms with E-state index in [1.54, 1.807) is 6.21 Å². The maximum absolute atomic E-state index is 11.7. The van der Waals surface area contributed by atoms with Crippen LogP contribution in [0.1, 0.15) is 16.8 Å². The summed E-state index contributed by atoms with van der Waals surface area (Å²) in [6.45, 7) is 1.96. The van der Waals surface area contributed by atoms with E-state index in [0.29, 0.717) is 5.69 Å². The molecular formula is C14H14N4O2S. The van der Waals surface area contributed by atoms with Gasteiger partial charge in [-0.3, -0.25) is 14.6 Å². The molecule has 1 heterocycles. The largest absolute Gasteiger partial charge is 0.335 e. The normalized spacial score (nSPS) is 10.7. The van der Waals surface area contributed by atoms with Gasteiger partial charge in [0.15, 0.2) is 4.77 Å². The molecule has 0 atom stereocenters. The van der Waals surface area contributed by atoms with Gasteiger partial charge in [-0.2, -0.15) is 5.10 Å². The van der Waals surface area contributed by atoms with Crippen LogP contribution in [0.5, 0.6) is 0 Å². The lowest BCUT2D eigenvalue weighted by molar-refractivity contribution is -0.120. The zero-order chi connectivity index (χ0) is 15.2. The average molecular weight is 302 g/mol. The van der Waals surface area contributed by atoms with Crippen molar-refractivity contribution >= 4 is 24.3 Å². The van der Waals surface area contributed by atoms with Crippen molar-refractivity contribution in [3.8, 4) is 0 Å². The van der Waals surface area contributed by atoms with Gasteiger partial charge in [-0.15, -0.1) is 0 Å². The number of H-pyrrole nitrogens is 2. The lowest BCUT2D eigenvalue weighted by Gasteiger charge is -2.01. The number of hydrogen-bond acceptors (Lipinski definition) is 4. The summed E-state index contributed by atoms with van der Waals surface area (Å²) in [5, 5.41) is 3.89. The van der Waals surface area contributed by atoms with E-state index < -0.39 is 0 Å². The van der Waals surface area contributed by atoms with Crippen LogP contribution < -0.4 is 11.0 Å². The molecule has 1 aromatic heterocycles. The lowest BCUT2D eigenvalue weighted by Crippen LogP contribution is -2.21. The molecule has 1 amide bonds. The molecule has 0 aliphatic carbocycles. The van der Waals surface area contributed by atoms with Crippen LogP contribution in [0, 0.1) is 11.7 Å². The van der Waals surface area contributed by atoms with Crippen molar-refractivity contribution < 1.29 is 4.79 Å². The molecule has 1 aromatic carbocycles. The summed E-state index contributed by atoms with van der Waals surface area (Å²) >= 11 is 4.83. The Morgan fingerprint density at radius 2 is 2.14 bits per heavy atom. The van der Waals surface area contributed by atoms with Crippen LogP contribution in [-0.4, -0.2) is 22.1 Å². The first-order valence-electron chi connectivity index (χ1n) is 6.24. The highest BCUT2D eigenvalue weighted by Gasteiger charge is 2.03. The second-order valence-corrected chi connectivity index (χ2v) is 4.85. The smallest absolute Gasteiger partial charge is 0.251 e. The fraction of sp³-hybridized carbons (Fsp3) is 0.143. The average Bonchev–Trinajstić information content (AvgIpc) is 2.39. The van der Waals surface area contributed by atoms with Gasteiger partial charge in [-0.05, 0) is 30.3 Å². The van der Waals surface area contributed by atoms with Crippen molar-refractivity contribution in [1.82, 2.24) is 15.4 Å². The third kappa shape index (κ3) is 4.50. The number of nitrogens with one attached hydrogen (secondary N) is 3. The Morgan fingerprint density at radius 3 is 2.86 bits per heavy atom. The number of nitrogens with zero attached hydrogens (tertiary/aromatic N) is 1. The molecule has 0 aliphatic heterocycles. The van der Waals surface area contributed by atoms with Gasteiger partial charge < -0.3 is 4.98 Å². The Hall–Kier alpha value is -2.54. The van der Waals surface area contributed by atoms with E-state index in [1.807, 2.05) is 31.2 Å². The lowest BCUT2D eigenvalue weighted by atomic mass is 10.1. The maximum atomic E-state index is 11.7. The van der Waals surface area contributed by atoms with E-state index in [-0.39, 0.29) is 22.7 Å². The van der Waals surface area contributed by atoms with Gasteiger partial charge in [0.25, 0.3) is 5.56 Å². The molecule has 2 rings (SSSR count). The predicted octanol–water partition coefficient (Wildman–Crippen LogP) is 1.43. The third-order valence-corrected chi connectivity index (χ3v) is 2.95. The van der Waals surface area contributed by atoms with Crippen LogP contribution in [-0.2, 0) is 11.2 Å². The molecule has 0 saturated heterocycles. The van der Waals surface area contributed by atoms with Gasteiger partial charge in [0.05, 0.1) is 12.6 Å². The number of benzene rings is 1. The third-order valence-electron chi connectivity index (χ3n) is 2.75. The molecular weight excluding hydrogens is 288 g/mol. The highest BCUT2D eigenvalue weighted by molar-refractivity contribution is 7.71. The minimum Gasteiger partial charge on any atom is -0.335 e. The van der Waals surface area contributed by atoms with Gasteiger partial charge in [0.2, 0.25) is 5.91 Å². The molecule has 0 unspecified atom stereocenters. The standard InChI is InChI=1S/C14H14N4O2S/c1-9-4-2-3-5-10(9)8-15-18-13(20)7-11-6-12(19)17-14(21)16-11/h2-6,8H,7H2,1H3,(H,18,20)(H2,16,17,19,21)/b15-8-. The summed E-state index contributed by atoms with van der Waals surface area (Å²) in [5.41, 5.74) is 4.49. The number of aromatic nitrogens is 2. The number of aromatic amines is 2. The van der Waals surface area contributed by atoms with Crippen molar-refractivity contribution in [3.05, 3.63) is 62.3 Å². The molecule has 0 fully saturated rings. The molecule has 3 N–H and O–H groups in total. The fourth-order valence-electron chi connectivity index (χ4n) is 1.73. The maximum Gasteiger partial charge on any atom is 0.251 e. The quantitative estimate of drug-likeness (QED) is 0.453. The summed E-state index contributed by atoms with van der Waals surface area (Å²) in [6.07, 6.45) is 1.58. The fourth-order valence-corrected chi connectivity index (χ4v) is 1.96. The number of aryl methyl sites for hydroxylation is 1. The topological polar surface area (TPSA) is 90.1 Å². The molecule has 0 saturated carbocycles. The number of amides is 1. The SMILES string of the molecule is Cc1ccccc1/C=N\NC(=O)Cc1cc(=O)[nH]c(=S)[nH]1. The van der Waals surface area contributed by atoms with Crippen LogP contribution in [0.4, 0.5) is 0 Å². The van der Waals surface area contributed by atoms with Crippen molar-refractivity contribution in [2.75, 3.05) is 0 Å². The molecule has 2 aromatic rings. The number of carbonyl (C=O) groups excluding carboxylic acids is 1. The van der Waals surface area contributed by atoms with Gasteiger partial charge in [-0.1, -0.05) is 24.3 Å². The molecule has 21 heavy (non-hydrogen) atoms. The number of hydrazone groups is 1. The van der Waals surface area contributed by atoms with Crippen LogP contribution >= 0.6 is 12.2 Å². The van der Waals surface area contributed by atoms with E-state index in [2.05, 4.69) is 20.5 Å². The van der Waals surface area contributed by atoms with E-state index in [4.69, 9.17) is 12.2 Å². The van der Waals surface area contributed by atoms with Crippen LogP contribution in [0.15, 0.2) is 40.2 Å². The van der Waals surface area contributed by atoms with Crippen molar-refractivity contribution in [2.24, 2.45) is 5.10 Å². The predicted molar refractivity (Wildman–Crippen MR) is 82.9 cm³/mol. The molecule has 0 spiro atoms. The van der Waals surface area contributed by atoms with E-state index in [9.17, 15) is 9.59 Å². The Morgan fingerprint density at radius 1 is 1.38 bits per heavy atom. The zero-order valence-corrected chi connectivity index (χ0v) is 12.2. The van der Waals surface area contributed by atoms with Gasteiger partial charge in [0, 0.05) is 11.8 Å². The van der Waals surface area contributed by atoms with Crippen LogP contribution in [0.2, 0.25) is 0 Å². The first-order valence-corrected chi connectivity index (χ1v) is 6.65. The summed E-state index contributed by atoms with van der Waals surface area (Å²) in [5.74, 6) is -0.337. The first kappa shape index (κ1) is 14.9. The Bertz CT molecular complexity index is 764. The Labute approximate surface area is 125 Å². The van der Waals surface area contributed by atoms with Crippen LogP contribution in [0.3, 0.4) is 0 Å². The summed E-state index contributed by atoms with van der Waals surface area (Å²) in [6, 6.07) is 8.98. The Balaban J connectivity index is 1.98. The van der Waals surface area contributed by atoms with Crippen molar-refractivity contribution in [3.63, 3.8) is 0 Å². The second-order valence-electron chi connectivity index (χ2n) is 4.44. The summed E-state index contributed by atoms with van der Waals surface area (Å²) in [7, 11) is 0. The molecule has 0 bridgehead atoms. The minimum atomic E-state index is -0.343. The van der Waals surface area contributed by atoms with Gasteiger partial charge >= 0.3 is 0 Å². The van der Waals surface area contributed by atoms with E-state index in [1.165, 1.54) is 6.07 Å². The number of hydrogen-bond donors (Lipinski definition) is 3. The monoisotopic (exact) mass is 302 g/mol. The van der Waals surface area contributed by atoms with E-state index >= 15 is 0 Å². The van der Waals surface area contributed by atoms with Crippen molar-refractivity contribution in [2.45, 2.75) is 13.3 Å². The highest BCUT2D eigenvalue weighted by Crippen LogP contribution is 2.03. The van der Waals surface area contributed by atoms with Crippen LogP contribution in [0.25, 0.3) is 0 Å². The second kappa shape index (κ2) is 6.76. The minimum absolute atomic E-state index is 0.00132. The number of carbonyl (C=O) groups is 1. The molecule has 6 nitrogen and oxygen atoms in total. The number of rotatable bonds is 4. The zero-order valence-electron chi connectivity index (χ0n) is 11.3. The molecule has 108 valence electrons. The van der Waals surface area contributed by atoms with Crippen molar-refractivity contribution in [1.29, 1.82) is 0 Å². The summed E-state index contributed by atoms with van der Waals surface area (Å²) < 4.78 is 0.189. The molecule has 0 aliphatic rings. The van der Waals surface area contributed by atoms with E-state index in [0.717, 1.165) is 11.1 Å². The van der Waals surface area contributed by atoms with Gasteiger partial charge in [-0.25, -0.2) is 5.43 Å². The molecule has 0 radical (unpaired) electrons.